The summed E-state index contributed by atoms with van der Waals surface area (Å²) in [6, 6.07) is 4.64. The molecule has 2 N–H and O–H groups in total. The summed E-state index contributed by atoms with van der Waals surface area (Å²) in [6.45, 7) is 4.23. The zero-order valence-electron chi connectivity index (χ0n) is 10.5. The van der Waals surface area contributed by atoms with Gasteiger partial charge in [0, 0.05) is 13.1 Å². The Labute approximate surface area is 103 Å². The van der Waals surface area contributed by atoms with E-state index in [-0.39, 0.29) is 5.82 Å². The Morgan fingerprint density at radius 3 is 2.94 bits per heavy atom. The van der Waals surface area contributed by atoms with Gasteiger partial charge in [0.1, 0.15) is 5.82 Å². The third kappa shape index (κ3) is 2.90. The number of rotatable bonds is 2. The minimum Gasteiger partial charge on any atom is -0.397 e. The van der Waals surface area contributed by atoms with E-state index in [1.807, 2.05) is 0 Å². The molecule has 0 aromatic heterocycles. The van der Waals surface area contributed by atoms with Crippen LogP contribution in [-0.2, 0) is 0 Å². The van der Waals surface area contributed by atoms with E-state index in [1.54, 1.807) is 12.1 Å². The standard InChI is InChI=1S/C14H21FN2/c1-2-11-4-3-8-17(9-7-11)14-10-12(15)5-6-13(14)16/h5-6,10-11H,2-4,7-9,16H2,1H3. The maximum atomic E-state index is 13.3. The lowest BCUT2D eigenvalue weighted by Gasteiger charge is -2.24. The molecule has 1 atom stereocenters. The Morgan fingerprint density at radius 2 is 2.18 bits per heavy atom. The zero-order valence-corrected chi connectivity index (χ0v) is 10.5. The Balaban J connectivity index is 2.13. The monoisotopic (exact) mass is 236 g/mol. The molecule has 1 unspecified atom stereocenters. The van der Waals surface area contributed by atoms with Gasteiger partial charge in [-0.3, -0.25) is 0 Å². The molecule has 0 amide bonds. The molecule has 3 heteroatoms. The zero-order chi connectivity index (χ0) is 12.3. The molecular weight excluding hydrogens is 215 g/mol. The summed E-state index contributed by atoms with van der Waals surface area (Å²) in [5.41, 5.74) is 7.47. The van der Waals surface area contributed by atoms with Gasteiger partial charge in [-0.25, -0.2) is 4.39 Å². The predicted octanol–water partition coefficient (Wildman–Crippen LogP) is 3.42. The number of nitrogen functional groups attached to an aromatic ring is 1. The molecule has 0 saturated carbocycles. The Bertz CT molecular complexity index is 378. The molecule has 1 fully saturated rings. The van der Waals surface area contributed by atoms with Crippen molar-refractivity contribution < 1.29 is 4.39 Å². The van der Waals surface area contributed by atoms with Crippen LogP contribution in [-0.4, -0.2) is 13.1 Å². The lowest BCUT2D eigenvalue weighted by atomic mass is 9.98. The number of nitrogens with two attached hydrogens (primary N) is 1. The van der Waals surface area contributed by atoms with Crippen molar-refractivity contribution in [2.24, 2.45) is 5.92 Å². The van der Waals surface area contributed by atoms with Gasteiger partial charge in [-0.05, 0) is 43.4 Å². The summed E-state index contributed by atoms with van der Waals surface area (Å²) in [5, 5.41) is 0. The van der Waals surface area contributed by atoms with Crippen molar-refractivity contribution in [2.75, 3.05) is 23.7 Å². The highest BCUT2D eigenvalue weighted by atomic mass is 19.1. The highest BCUT2D eigenvalue weighted by Gasteiger charge is 2.17. The lowest BCUT2D eigenvalue weighted by molar-refractivity contribution is 0.459. The summed E-state index contributed by atoms with van der Waals surface area (Å²) >= 11 is 0. The van der Waals surface area contributed by atoms with Crippen molar-refractivity contribution in [2.45, 2.75) is 32.6 Å². The number of benzene rings is 1. The molecular formula is C14H21FN2. The van der Waals surface area contributed by atoms with Crippen LogP contribution in [0.25, 0.3) is 0 Å². The van der Waals surface area contributed by atoms with E-state index in [2.05, 4.69) is 11.8 Å². The van der Waals surface area contributed by atoms with E-state index in [9.17, 15) is 4.39 Å². The van der Waals surface area contributed by atoms with Gasteiger partial charge in [0.05, 0.1) is 11.4 Å². The molecule has 0 bridgehead atoms. The van der Waals surface area contributed by atoms with Gasteiger partial charge < -0.3 is 10.6 Å². The van der Waals surface area contributed by atoms with E-state index in [0.29, 0.717) is 5.69 Å². The Kier molecular flexibility index (Phi) is 3.87. The van der Waals surface area contributed by atoms with Crippen molar-refractivity contribution in [3.63, 3.8) is 0 Å². The molecule has 1 aliphatic heterocycles. The highest BCUT2D eigenvalue weighted by Crippen LogP contribution is 2.28. The van der Waals surface area contributed by atoms with Crippen LogP contribution < -0.4 is 10.6 Å². The first-order valence-corrected chi connectivity index (χ1v) is 6.50. The first kappa shape index (κ1) is 12.2. The van der Waals surface area contributed by atoms with E-state index in [1.165, 1.54) is 31.7 Å². The van der Waals surface area contributed by atoms with Crippen molar-refractivity contribution in [1.29, 1.82) is 0 Å². The van der Waals surface area contributed by atoms with Gasteiger partial charge in [-0.15, -0.1) is 0 Å². The minimum atomic E-state index is -0.203. The molecule has 17 heavy (non-hydrogen) atoms. The molecule has 0 aliphatic carbocycles. The van der Waals surface area contributed by atoms with Crippen LogP contribution in [0, 0.1) is 11.7 Å². The van der Waals surface area contributed by atoms with Crippen molar-refractivity contribution in [3.8, 4) is 0 Å². The van der Waals surface area contributed by atoms with Crippen molar-refractivity contribution in [1.82, 2.24) is 0 Å². The van der Waals surface area contributed by atoms with Crippen LogP contribution in [0.5, 0.6) is 0 Å². The number of hydrogen-bond acceptors (Lipinski definition) is 2. The summed E-state index contributed by atoms with van der Waals surface area (Å²) < 4.78 is 13.3. The molecule has 1 heterocycles. The molecule has 1 aromatic carbocycles. The summed E-state index contributed by atoms with van der Waals surface area (Å²) in [4.78, 5) is 2.23. The highest BCUT2D eigenvalue weighted by molar-refractivity contribution is 5.67. The van der Waals surface area contributed by atoms with Crippen LogP contribution in [0.15, 0.2) is 18.2 Å². The fourth-order valence-electron chi connectivity index (χ4n) is 2.61. The van der Waals surface area contributed by atoms with Gasteiger partial charge in [0.25, 0.3) is 0 Å². The van der Waals surface area contributed by atoms with Gasteiger partial charge >= 0.3 is 0 Å². The number of anilines is 2. The average Bonchev–Trinajstić information content (AvgIpc) is 2.57. The minimum absolute atomic E-state index is 0.203. The summed E-state index contributed by atoms with van der Waals surface area (Å²) in [6.07, 6.45) is 4.88. The first-order chi connectivity index (χ1) is 8.20. The van der Waals surface area contributed by atoms with Crippen LogP contribution in [0.4, 0.5) is 15.8 Å². The van der Waals surface area contributed by atoms with E-state index in [4.69, 9.17) is 5.73 Å². The number of halogens is 1. The molecule has 1 aliphatic rings. The van der Waals surface area contributed by atoms with Crippen LogP contribution in [0.2, 0.25) is 0 Å². The number of nitrogens with zero attached hydrogens (tertiary/aromatic N) is 1. The van der Waals surface area contributed by atoms with Crippen LogP contribution >= 0.6 is 0 Å². The largest absolute Gasteiger partial charge is 0.397 e. The van der Waals surface area contributed by atoms with Gasteiger partial charge in [0.2, 0.25) is 0 Å². The average molecular weight is 236 g/mol. The topological polar surface area (TPSA) is 29.3 Å². The number of hydrogen-bond donors (Lipinski definition) is 1. The fourth-order valence-corrected chi connectivity index (χ4v) is 2.61. The SMILES string of the molecule is CCC1CCCN(c2cc(F)ccc2N)CC1. The lowest BCUT2D eigenvalue weighted by Crippen LogP contribution is -2.25. The van der Waals surface area contributed by atoms with Crippen molar-refractivity contribution >= 4 is 11.4 Å². The van der Waals surface area contributed by atoms with Crippen LogP contribution in [0.3, 0.4) is 0 Å². The molecule has 1 saturated heterocycles. The predicted molar refractivity (Wildman–Crippen MR) is 70.7 cm³/mol. The summed E-state index contributed by atoms with van der Waals surface area (Å²) in [5.74, 6) is 0.611. The second-order valence-electron chi connectivity index (χ2n) is 4.90. The maximum absolute atomic E-state index is 13.3. The molecule has 0 radical (unpaired) electrons. The summed E-state index contributed by atoms with van der Waals surface area (Å²) in [7, 11) is 0. The Hall–Kier alpha value is -1.25. The first-order valence-electron chi connectivity index (χ1n) is 6.50. The van der Waals surface area contributed by atoms with E-state index >= 15 is 0 Å². The molecule has 0 spiro atoms. The second kappa shape index (κ2) is 5.39. The van der Waals surface area contributed by atoms with Gasteiger partial charge in [-0.1, -0.05) is 13.3 Å². The van der Waals surface area contributed by atoms with Crippen molar-refractivity contribution in [3.05, 3.63) is 24.0 Å². The Morgan fingerprint density at radius 1 is 1.35 bits per heavy atom. The second-order valence-corrected chi connectivity index (χ2v) is 4.90. The fraction of sp³-hybridized carbons (Fsp3) is 0.571. The third-order valence-electron chi connectivity index (χ3n) is 3.76. The molecule has 94 valence electrons. The quantitative estimate of drug-likeness (QED) is 0.797. The van der Waals surface area contributed by atoms with Gasteiger partial charge in [-0.2, -0.15) is 0 Å². The van der Waals surface area contributed by atoms with Crippen LogP contribution in [0.1, 0.15) is 32.6 Å². The molecule has 2 nitrogen and oxygen atoms in total. The third-order valence-corrected chi connectivity index (χ3v) is 3.76. The normalized spacial score (nSPS) is 21.3. The maximum Gasteiger partial charge on any atom is 0.125 e. The van der Waals surface area contributed by atoms with E-state index in [0.717, 1.165) is 24.7 Å². The van der Waals surface area contributed by atoms with E-state index < -0.39 is 0 Å². The smallest absolute Gasteiger partial charge is 0.125 e. The molecule has 2 rings (SSSR count). The van der Waals surface area contributed by atoms with Gasteiger partial charge in [0.15, 0.2) is 0 Å². The molecule has 1 aromatic rings.